The van der Waals surface area contributed by atoms with Crippen LogP contribution in [0.3, 0.4) is 0 Å². The molecule has 19 heavy (non-hydrogen) atoms. The summed E-state index contributed by atoms with van der Waals surface area (Å²) in [6, 6.07) is 0. The highest BCUT2D eigenvalue weighted by Crippen LogP contribution is 2.20. The van der Waals surface area contributed by atoms with Crippen LogP contribution in [0.15, 0.2) is 6.20 Å². The minimum atomic E-state index is -0.193. The predicted octanol–water partition coefficient (Wildman–Crippen LogP) is 1.35. The summed E-state index contributed by atoms with van der Waals surface area (Å²) < 4.78 is 7.49. The summed E-state index contributed by atoms with van der Waals surface area (Å²) in [6.45, 7) is 6.50. The Morgan fingerprint density at radius 2 is 2.16 bits per heavy atom. The van der Waals surface area contributed by atoms with Gasteiger partial charge in [-0.25, -0.2) is 15.8 Å². The second-order valence-electron chi connectivity index (χ2n) is 5.04. The number of rotatable bonds is 5. The van der Waals surface area contributed by atoms with Crippen LogP contribution in [-0.2, 0) is 18.4 Å². The van der Waals surface area contributed by atoms with E-state index in [0.717, 1.165) is 17.5 Å². The third kappa shape index (κ3) is 2.82. The number of aryl methyl sites for hydroxylation is 1. The summed E-state index contributed by atoms with van der Waals surface area (Å²) in [5, 5.41) is 4.94. The Labute approximate surface area is 112 Å². The van der Waals surface area contributed by atoms with Crippen molar-refractivity contribution in [3.63, 3.8) is 0 Å². The van der Waals surface area contributed by atoms with Crippen molar-refractivity contribution >= 4 is 16.9 Å². The fourth-order valence-corrected chi connectivity index (χ4v) is 1.60. The molecule has 0 aliphatic carbocycles. The summed E-state index contributed by atoms with van der Waals surface area (Å²) in [6.07, 6.45) is 2.61. The molecule has 0 aliphatic heterocycles. The lowest BCUT2D eigenvalue weighted by Gasteiger charge is -2.22. The van der Waals surface area contributed by atoms with Gasteiger partial charge in [0.2, 0.25) is 0 Å². The molecule has 0 aromatic carbocycles. The third-order valence-corrected chi connectivity index (χ3v) is 3.22. The molecule has 2 heterocycles. The molecule has 0 fully saturated rings. The topological polar surface area (TPSA) is 90.9 Å². The maximum atomic E-state index is 5.81. The van der Waals surface area contributed by atoms with Gasteiger partial charge in [0.1, 0.15) is 6.61 Å². The fraction of sp³-hybridized carbons (Fsp3) is 0.583. The Kier molecular flexibility index (Phi) is 3.68. The number of fused-ring (bicyclic) bond motifs is 1. The number of nitrogens with one attached hydrogen (secondary N) is 1. The average molecular weight is 264 g/mol. The molecule has 2 aromatic rings. The van der Waals surface area contributed by atoms with Gasteiger partial charge in [-0.05, 0) is 20.3 Å². The van der Waals surface area contributed by atoms with Crippen LogP contribution in [0.1, 0.15) is 33.0 Å². The van der Waals surface area contributed by atoms with E-state index in [1.54, 1.807) is 10.9 Å². The number of ether oxygens (including phenoxy) is 1. The smallest absolute Gasteiger partial charge is 0.163 e. The quantitative estimate of drug-likeness (QED) is 0.626. The summed E-state index contributed by atoms with van der Waals surface area (Å²) in [5.74, 6) is 6.63. The summed E-state index contributed by atoms with van der Waals surface area (Å²) in [5.41, 5.74) is 3.11. The molecule has 104 valence electrons. The van der Waals surface area contributed by atoms with E-state index in [4.69, 9.17) is 10.6 Å². The molecule has 0 radical (unpaired) electrons. The molecule has 0 amide bonds. The van der Waals surface area contributed by atoms with Crippen LogP contribution in [-0.4, -0.2) is 25.3 Å². The maximum absolute atomic E-state index is 5.81. The minimum Gasteiger partial charge on any atom is -0.368 e. The van der Waals surface area contributed by atoms with Crippen molar-refractivity contribution in [3.8, 4) is 0 Å². The molecule has 0 unspecified atom stereocenters. The molecule has 7 heteroatoms. The largest absolute Gasteiger partial charge is 0.368 e. The highest BCUT2D eigenvalue weighted by molar-refractivity contribution is 5.86. The number of nitrogens with two attached hydrogens (primary N) is 1. The summed E-state index contributed by atoms with van der Waals surface area (Å²) in [7, 11) is 1.83. The molecule has 0 bridgehead atoms. The van der Waals surface area contributed by atoms with E-state index < -0.39 is 0 Å². The number of nitrogens with zero attached hydrogens (tertiary/aromatic N) is 4. The van der Waals surface area contributed by atoms with Crippen LogP contribution in [0.25, 0.3) is 11.0 Å². The van der Waals surface area contributed by atoms with Crippen molar-refractivity contribution in [1.82, 2.24) is 19.7 Å². The lowest BCUT2D eigenvalue weighted by Crippen LogP contribution is -2.23. The van der Waals surface area contributed by atoms with Gasteiger partial charge in [-0.2, -0.15) is 5.10 Å². The zero-order valence-electron chi connectivity index (χ0n) is 11.8. The van der Waals surface area contributed by atoms with E-state index in [2.05, 4.69) is 27.4 Å². The number of nitrogen functional groups attached to an aromatic ring is 1. The molecular formula is C12H20N6O. The van der Waals surface area contributed by atoms with Gasteiger partial charge in [-0.1, -0.05) is 6.92 Å². The number of hydrogen-bond donors (Lipinski definition) is 2. The second-order valence-corrected chi connectivity index (χ2v) is 5.04. The minimum absolute atomic E-state index is 0.193. The van der Waals surface area contributed by atoms with Crippen molar-refractivity contribution in [1.29, 1.82) is 0 Å². The van der Waals surface area contributed by atoms with Gasteiger partial charge in [-0.3, -0.25) is 4.68 Å². The number of anilines is 1. The molecule has 0 spiro atoms. The van der Waals surface area contributed by atoms with Crippen molar-refractivity contribution in [2.45, 2.75) is 39.4 Å². The zero-order chi connectivity index (χ0) is 14.0. The van der Waals surface area contributed by atoms with Crippen LogP contribution < -0.4 is 11.3 Å². The molecule has 3 N–H and O–H groups in total. The average Bonchev–Trinajstić information content (AvgIpc) is 2.78. The number of hydrogen-bond acceptors (Lipinski definition) is 6. The van der Waals surface area contributed by atoms with Gasteiger partial charge in [0.05, 0.1) is 17.2 Å². The molecule has 2 aromatic heterocycles. The molecule has 0 saturated carbocycles. The molecule has 2 rings (SSSR count). The lowest BCUT2D eigenvalue weighted by molar-refractivity contribution is -0.0344. The first kappa shape index (κ1) is 13.7. The number of hydrazine groups is 1. The molecule has 0 saturated heterocycles. The predicted molar refractivity (Wildman–Crippen MR) is 73.3 cm³/mol. The summed E-state index contributed by atoms with van der Waals surface area (Å²) in [4.78, 5) is 8.79. The molecule has 7 nitrogen and oxygen atoms in total. The monoisotopic (exact) mass is 264 g/mol. The van der Waals surface area contributed by atoms with Gasteiger partial charge in [-0.15, -0.1) is 0 Å². The first-order chi connectivity index (χ1) is 8.96. The van der Waals surface area contributed by atoms with Crippen LogP contribution in [0, 0.1) is 0 Å². The first-order valence-electron chi connectivity index (χ1n) is 6.26. The SMILES string of the molecule is CCC(C)(C)OCc1nc(NN)c2cnn(C)c2n1. The third-order valence-electron chi connectivity index (χ3n) is 3.22. The van der Waals surface area contributed by atoms with E-state index >= 15 is 0 Å². The van der Waals surface area contributed by atoms with Crippen LogP contribution in [0.2, 0.25) is 0 Å². The first-order valence-corrected chi connectivity index (χ1v) is 6.26. The van der Waals surface area contributed by atoms with E-state index in [-0.39, 0.29) is 5.60 Å². The van der Waals surface area contributed by atoms with E-state index in [1.807, 2.05) is 20.9 Å². The maximum Gasteiger partial charge on any atom is 0.163 e. The highest BCUT2D eigenvalue weighted by Gasteiger charge is 2.17. The van der Waals surface area contributed by atoms with Gasteiger partial charge in [0.15, 0.2) is 17.3 Å². The molecule has 0 aliphatic rings. The summed E-state index contributed by atoms with van der Waals surface area (Å²) >= 11 is 0. The standard InChI is InChI=1S/C12H20N6O/c1-5-12(2,3)19-7-9-15-10(17-13)8-6-14-18(4)11(8)16-9/h6H,5,7,13H2,1-4H3,(H,15,16,17). The van der Waals surface area contributed by atoms with Gasteiger partial charge in [0, 0.05) is 7.05 Å². The normalized spacial score (nSPS) is 12.1. The molecule has 0 atom stereocenters. The van der Waals surface area contributed by atoms with E-state index in [0.29, 0.717) is 18.2 Å². The Balaban J connectivity index is 2.31. The van der Waals surface area contributed by atoms with Crippen LogP contribution in [0.5, 0.6) is 0 Å². The Morgan fingerprint density at radius 3 is 2.79 bits per heavy atom. The second kappa shape index (κ2) is 5.10. The molecular weight excluding hydrogens is 244 g/mol. The van der Waals surface area contributed by atoms with Gasteiger partial charge in [0.25, 0.3) is 0 Å². The van der Waals surface area contributed by atoms with Gasteiger partial charge >= 0.3 is 0 Å². The van der Waals surface area contributed by atoms with Crippen molar-refractivity contribution < 1.29 is 4.74 Å². The lowest BCUT2D eigenvalue weighted by atomic mass is 10.1. The van der Waals surface area contributed by atoms with Crippen molar-refractivity contribution in [2.75, 3.05) is 5.43 Å². The number of aromatic nitrogens is 4. The van der Waals surface area contributed by atoms with Crippen molar-refractivity contribution in [2.24, 2.45) is 12.9 Å². The van der Waals surface area contributed by atoms with E-state index in [9.17, 15) is 0 Å². The van der Waals surface area contributed by atoms with Gasteiger partial charge < -0.3 is 10.2 Å². The Bertz CT molecular complexity index is 577. The van der Waals surface area contributed by atoms with Crippen molar-refractivity contribution in [3.05, 3.63) is 12.0 Å². The van der Waals surface area contributed by atoms with Crippen LogP contribution in [0.4, 0.5) is 5.82 Å². The zero-order valence-corrected chi connectivity index (χ0v) is 11.8. The Morgan fingerprint density at radius 1 is 1.42 bits per heavy atom. The fourth-order valence-electron chi connectivity index (χ4n) is 1.60. The Hall–Kier alpha value is -1.73. The highest BCUT2D eigenvalue weighted by atomic mass is 16.5. The van der Waals surface area contributed by atoms with E-state index in [1.165, 1.54) is 0 Å². The van der Waals surface area contributed by atoms with Crippen LogP contribution >= 0.6 is 0 Å².